The number of alkyl halides is 1. The van der Waals surface area contributed by atoms with Gasteiger partial charge in [0.1, 0.15) is 23.8 Å². The summed E-state index contributed by atoms with van der Waals surface area (Å²) in [6, 6.07) is 2.66. The van der Waals surface area contributed by atoms with Crippen LogP contribution in [0, 0.1) is 29.5 Å². The highest BCUT2D eigenvalue weighted by molar-refractivity contribution is 7.89. The predicted molar refractivity (Wildman–Crippen MR) is 107 cm³/mol. The Bertz CT molecular complexity index is 978. The molecular weight excluding hydrogens is 412 g/mol. The monoisotopic (exact) mass is 439 g/mol. The Labute approximate surface area is 175 Å². The van der Waals surface area contributed by atoms with Gasteiger partial charge >= 0.3 is 0 Å². The maximum atomic E-state index is 14.8. The van der Waals surface area contributed by atoms with Crippen LogP contribution in [0.5, 0.6) is 5.75 Å². The fourth-order valence-electron chi connectivity index (χ4n) is 6.12. The van der Waals surface area contributed by atoms with Crippen molar-refractivity contribution in [2.45, 2.75) is 63.1 Å². The van der Waals surface area contributed by atoms with Gasteiger partial charge in [0.25, 0.3) is 5.91 Å². The molecule has 0 radical (unpaired) electrons. The summed E-state index contributed by atoms with van der Waals surface area (Å²) in [6.45, 7) is 0. The van der Waals surface area contributed by atoms with Crippen LogP contribution in [0.4, 0.5) is 8.78 Å². The molecule has 5 rings (SSSR count). The van der Waals surface area contributed by atoms with Crippen LogP contribution in [0.3, 0.4) is 0 Å². The molecule has 4 saturated carbocycles. The van der Waals surface area contributed by atoms with Crippen LogP contribution in [0.1, 0.15) is 66.8 Å². The molecule has 8 heteroatoms. The van der Waals surface area contributed by atoms with Crippen LogP contribution < -0.4 is 9.46 Å². The molecule has 5 nitrogen and oxygen atoms in total. The standard InChI is InChI=1S/C22H27F2NO4S/c1-30(27,28)25-22(26)18-9-17(11-2-3-11)20(10-19(18)24)29-21-14-4-12-5-15(21)8-16(23)7-13(12)6-14/h9-16,21H,2-8H2,1H3,(H,25,26)/t12?,13?,14?,15?,16?,21-/m0/s1. The summed E-state index contributed by atoms with van der Waals surface area (Å²) in [5.74, 6) is 0.356. The van der Waals surface area contributed by atoms with Crippen molar-refractivity contribution in [3.63, 3.8) is 0 Å². The normalized spacial score (nSPS) is 35.2. The van der Waals surface area contributed by atoms with Crippen LogP contribution in [0.15, 0.2) is 12.1 Å². The zero-order valence-electron chi connectivity index (χ0n) is 16.9. The third kappa shape index (κ3) is 3.83. The van der Waals surface area contributed by atoms with Crippen molar-refractivity contribution in [3.05, 3.63) is 29.1 Å². The third-order valence-electron chi connectivity index (χ3n) is 7.43. The maximum absolute atomic E-state index is 14.8. The lowest BCUT2D eigenvalue weighted by molar-refractivity contribution is 0.0288. The number of halogens is 2. The van der Waals surface area contributed by atoms with E-state index in [1.165, 1.54) is 12.1 Å². The van der Waals surface area contributed by atoms with E-state index in [0.717, 1.165) is 43.9 Å². The minimum Gasteiger partial charge on any atom is -0.489 e. The van der Waals surface area contributed by atoms with E-state index in [4.69, 9.17) is 4.74 Å². The molecule has 164 valence electrons. The van der Waals surface area contributed by atoms with Crippen molar-refractivity contribution in [2.75, 3.05) is 6.26 Å². The number of nitrogens with one attached hydrogen (secondary N) is 1. The van der Waals surface area contributed by atoms with Gasteiger partial charge < -0.3 is 4.74 Å². The second kappa shape index (κ2) is 7.18. The van der Waals surface area contributed by atoms with Crippen LogP contribution in [0.25, 0.3) is 0 Å². The van der Waals surface area contributed by atoms with E-state index in [1.54, 1.807) is 0 Å². The molecule has 30 heavy (non-hydrogen) atoms. The van der Waals surface area contributed by atoms with Gasteiger partial charge in [-0.2, -0.15) is 0 Å². The van der Waals surface area contributed by atoms with Gasteiger partial charge in [-0.3, -0.25) is 4.79 Å². The number of carbonyl (C=O) groups excluding carboxylic acids is 1. The zero-order valence-corrected chi connectivity index (χ0v) is 17.8. The van der Waals surface area contributed by atoms with Gasteiger partial charge in [0.2, 0.25) is 10.0 Å². The lowest BCUT2D eigenvalue weighted by Gasteiger charge is -2.37. The smallest absolute Gasteiger partial charge is 0.267 e. The van der Waals surface area contributed by atoms with E-state index in [9.17, 15) is 22.0 Å². The molecule has 4 fully saturated rings. The van der Waals surface area contributed by atoms with Gasteiger partial charge in [-0.25, -0.2) is 21.9 Å². The quantitative estimate of drug-likeness (QED) is 0.755. The second-order valence-electron chi connectivity index (χ2n) is 9.75. The molecule has 6 atom stereocenters. The largest absolute Gasteiger partial charge is 0.489 e. The number of rotatable bonds is 5. The molecule has 4 aliphatic carbocycles. The number of carbonyl (C=O) groups is 1. The molecule has 5 unspecified atom stereocenters. The number of benzene rings is 1. The number of fused-ring (bicyclic) bond motifs is 2. The average Bonchev–Trinajstić information content (AvgIpc) is 3.42. The number of sulfonamides is 1. The molecule has 1 N–H and O–H groups in total. The lowest BCUT2D eigenvalue weighted by atomic mass is 9.77. The van der Waals surface area contributed by atoms with Gasteiger partial charge in [-0.1, -0.05) is 0 Å². The Balaban J connectivity index is 1.45. The number of ether oxygens (including phenoxy) is 1. The number of hydrogen-bond acceptors (Lipinski definition) is 4. The van der Waals surface area contributed by atoms with Gasteiger partial charge in [0.15, 0.2) is 0 Å². The molecule has 0 aromatic heterocycles. The summed E-state index contributed by atoms with van der Waals surface area (Å²) in [5.41, 5.74) is 0.458. The summed E-state index contributed by atoms with van der Waals surface area (Å²) in [7, 11) is -3.79. The van der Waals surface area contributed by atoms with Crippen molar-refractivity contribution in [1.29, 1.82) is 0 Å². The molecule has 4 aliphatic rings. The first-order valence-corrected chi connectivity index (χ1v) is 12.7. The molecule has 1 aromatic carbocycles. The van der Waals surface area contributed by atoms with E-state index >= 15 is 0 Å². The summed E-state index contributed by atoms with van der Waals surface area (Å²) in [6.07, 6.45) is 5.94. The Morgan fingerprint density at radius 2 is 1.63 bits per heavy atom. The highest BCUT2D eigenvalue weighted by atomic mass is 32.2. The Kier molecular flexibility index (Phi) is 4.84. The molecule has 3 bridgehead atoms. The topological polar surface area (TPSA) is 72.5 Å². The second-order valence-corrected chi connectivity index (χ2v) is 11.5. The van der Waals surface area contributed by atoms with E-state index < -0.39 is 27.9 Å². The van der Waals surface area contributed by atoms with Crippen LogP contribution in [0.2, 0.25) is 0 Å². The molecular formula is C22H27F2NO4S. The molecule has 1 aromatic rings. The van der Waals surface area contributed by atoms with Gasteiger partial charge in [-0.15, -0.1) is 0 Å². The van der Waals surface area contributed by atoms with Crippen molar-refractivity contribution < 1.29 is 26.7 Å². The first kappa shape index (κ1) is 20.2. The molecule has 0 saturated heterocycles. The van der Waals surface area contributed by atoms with Crippen molar-refractivity contribution in [2.24, 2.45) is 23.7 Å². The summed E-state index contributed by atoms with van der Waals surface area (Å²) in [5, 5.41) is 0. The van der Waals surface area contributed by atoms with Crippen molar-refractivity contribution >= 4 is 15.9 Å². The van der Waals surface area contributed by atoms with E-state index in [2.05, 4.69) is 0 Å². The minimum absolute atomic E-state index is 0.127. The van der Waals surface area contributed by atoms with E-state index in [0.29, 0.717) is 36.3 Å². The fraction of sp³-hybridized carbons (Fsp3) is 0.682. The van der Waals surface area contributed by atoms with E-state index in [1.807, 2.05) is 4.72 Å². The van der Waals surface area contributed by atoms with E-state index in [-0.39, 0.29) is 23.5 Å². The Hall–Kier alpha value is -1.70. The summed E-state index contributed by atoms with van der Waals surface area (Å²) in [4.78, 5) is 12.2. The summed E-state index contributed by atoms with van der Waals surface area (Å²) < 4.78 is 60.2. The van der Waals surface area contributed by atoms with Gasteiger partial charge in [0.05, 0.1) is 11.8 Å². The van der Waals surface area contributed by atoms with Crippen LogP contribution in [-0.2, 0) is 10.0 Å². The van der Waals surface area contributed by atoms with Crippen LogP contribution in [-0.4, -0.2) is 32.9 Å². The number of amides is 1. The van der Waals surface area contributed by atoms with Crippen molar-refractivity contribution in [3.8, 4) is 5.75 Å². The highest BCUT2D eigenvalue weighted by Gasteiger charge is 2.51. The Morgan fingerprint density at radius 3 is 2.27 bits per heavy atom. The summed E-state index contributed by atoms with van der Waals surface area (Å²) >= 11 is 0. The first-order valence-electron chi connectivity index (χ1n) is 10.8. The van der Waals surface area contributed by atoms with Crippen molar-refractivity contribution in [1.82, 2.24) is 4.72 Å². The Morgan fingerprint density at radius 1 is 1.03 bits per heavy atom. The SMILES string of the molecule is CS(=O)(=O)NC(=O)c1cc(C2CC2)c(O[C@@H]2C3CC(F)CC4CC2CC4C3)cc1F. The molecule has 0 heterocycles. The zero-order chi connectivity index (χ0) is 21.2. The molecule has 0 aliphatic heterocycles. The third-order valence-corrected chi connectivity index (χ3v) is 7.99. The minimum atomic E-state index is -3.79. The predicted octanol–water partition coefficient (Wildman–Crippen LogP) is 3.93. The highest BCUT2D eigenvalue weighted by Crippen LogP contribution is 2.55. The molecule has 0 spiro atoms. The maximum Gasteiger partial charge on any atom is 0.267 e. The van der Waals surface area contributed by atoms with Gasteiger partial charge in [0, 0.05) is 6.07 Å². The number of hydrogen-bond donors (Lipinski definition) is 1. The molecule has 1 amide bonds. The van der Waals surface area contributed by atoms with Crippen LogP contribution >= 0.6 is 0 Å². The lowest BCUT2D eigenvalue weighted by Crippen LogP contribution is -2.38. The van der Waals surface area contributed by atoms with Gasteiger partial charge in [-0.05, 0) is 86.2 Å². The first-order chi connectivity index (χ1) is 14.2. The fourth-order valence-corrected chi connectivity index (χ4v) is 6.57. The average molecular weight is 440 g/mol.